The lowest BCUT2D eigenvalue weighted by Gasteiger charge is -2.38. The zero-order chi connectivity index (χ0) is 13.1. The van der Waals surface area contributed by atoms with Crippen molar-refractivity contribution in [3.8, 4) is 0 Å². The van der Waals surface area contributed by atoms with Crippen LogP contribution in [0.5, 0.6) is 0 Å². The number of anilines is 1. The van der Waals surface area contributed by atoms with E-state index in [0.717, 1.165) is 25.2 Å². The molecular weight excluding hydrogens is 233 g/mol. The molecule has 1 fully saturated rings. The van der Waals surface area contributed by atoms with Crippen LogP contribution in [0, 0.1) is 11.7 Å². The zero-order valence-electron chi connectivity index (χ0n) is 10.7. The summed E-state index contributed by atoms with van der Waals surface area (Å²) in [4.78, 5) is 13.1. The average molecular weight is 251 g/mol. The largest absolute Gasteiger partial charge is 0.379 e. The molecule has 0 N–H and O–H groups in total. The molecule has 1 saturated heterocycles. The van der Waals surface area contributed by atoms with Crippen LogP contribution in [0.1, 0.15) is 23.7 Å². The zero-order valence-corrected chi connectivity index (χ0v) is 10.7. The molecule has 4 heteroatoms. The van der Waals surface area contributed by atoms with E-state index in [2.05, 4.69) is 11.8 Å². The number of benzene rings is 1. The van der Waals surface area contributed by atoms with Crippen molar-refractivity contribution in [2.45, 2.75) is 19.4 Å². The second kappa shape index (κ2) is 5.48. The van der Waals surface area contributed by atoms with Gasteiger partial charge in [0.25, 0.3) is 0 Å². The molecule has 1 aliphatic heterocycles. The summed E-state index contributed by atoms with van der Waals surface area (Å²) in [5.74, 6) is 0.126. The van der Waals surface area contributed by atoms with E-state index in [1.165, 1.54) is 12.1 Å². The van der Waals surface area contributed by atoms with E-state index in [0.29, 0.717) is 17.8 Å². The summed E-state index contributed by atoms with van der Waals surface area (Å²) >= 11 is 0. The molecule has 1 aliphatic rings. The van der Waals surface area contributed by atoms with Crippen LogP contribution in [0.25, 0.3) is 0 Å². The highest BCUT2D eigenvalue weighted by atomic mass is 19.1. The van der Waals surface area contributed by atoms with Gasteiger partial charge in [0.1, 0.15) is 5.82 Å². The molecule has 0 aliphatic carbocycles. The van der Waals surface area contributed by atoms with E-state index < -0.39 is 0 Å². The highest BCUT2D eigenvalue weighted by molar-refractivity contribution is 5.84. The number of rotatable bonds is 3. The maximum Gasteiger partial charge on any atom is 0.152 e. The Balaban J connectivity index is 2.24. The predicted molar refractivity (Wildman–Crippen MR) is 68.6 cm³/mol. The summed E-state index contributed by atoms with van der Waals surface area (Å²) in [6.07, 6.45) is 1.87. The molecule has 3 nitrogen and oxygen atoms in total. The number of hydrogen-bond acceptors (Lipinski definition) is 3. The monoisotopic (exact) mass is 251 g/mol. The third-order valence-corrected chi connectivity index (χ3v) is 3.65. The van der Waals surface area contributed by atoms with Crippen LogP contribution in [-0.2, 0) is 4.74 Å². The molecule has 0 aromatic heterocycles. The molecule has 0 radical (unpaired) electrons. The smallest absolute Gasteiger partial charge is 0.152 e. The van der Waals surface area contributed by atoms with Crippen LogP contribution in [0.4, 0.5) is 10.1 Å². The maximum atomic E-state index is 13.1. The van der Waals surface area contributed by atoms with Gasteiger partial charge in [-0.1, -0.05) is 6.92 Å². The number of halogens is 1. The molecule has 0 bridgehead atoms. The number of nitrogens with zero attached hydrogens (tertiary/aromatic N) is 1. The molecule has 18 heavy (non-hydrogen) atoms. The summed E-state index contributed by atoms with van der Waals surface area (Å²) in [6, 6.07) is 4.34. The van der Waals surface area contributed by atoms with Gasteiger partial charge in [0.2, 0.25) is 0 Å². The quantitative estimate of drug-likeness (QED) is 0.773. The Labute approximate surface area is 107 Å². The van der Waals surface area contributed by atoms with Crippen LogP contribution < -0.4 is 4.90 Å². The van der Waals surface area contributed by atoms with Gasteiger partial charge in [-0.15, -0.1) is 0 Å². The number of methoxy groups -OCH3 is 1. The first-order valence-electron chi connectivity index (χ1n) is 6.18. The molecule has 2 unspecified atom stereocenters. The van der Waals surface area contributed by atoms with E-state index in [1.807, 2.05) is 0 Å². The summed E-state index contributed by atoms with van der Waals surface area (Å²) in [7, 11) is 1.70. The second-order valence-electron chi connectivity index (χ2n) is 4.81. The number of ether oxygens (including phenoxy) is 1. The highest BCUT2D eigenvalue weighted by Crippen LogP contribution is 2.27. The first-order valence-corrected chi connectivity index (χ1v) is 6.18. The van der Waals surface area contributed by atoms with Crippen LogP contribution in [0.2, 0.25) is 0 Å². The van der Waals surface area contributed by atoms with E-state index in [1.54, 1.807) is 13.2 Å². The lowest BCUT2D eigenvalue weighted by molar-refractivity contribution is 0.0498. The van der Waals surface area contributed by atoms with Crippen LogP contribution >= 0.6 is 0 Å². The Kier molecular flexibility index (Phi) is 3.97. The Morgan fingerprint density at radius 3 is 2.94 bits per heavy atom. The highest BCUT2D eigenvalue weighted by Gasteiger charge is 2.27. The summed E-state index contributed by atoms with van der Waals surface area (Å²) in [5.41, 5.74) is 1.19. The molecule has 2 rings (SSSR count). The predicted octanol–water partition coefficient (Wildman–Crippen LogP) is 2.50. The third-order valence-electron chi connectivity index (χ3n) is 3.65. The minimum absolute atomic E-state index is 0.156. The summed E-state index contributed by atoms with van der Waals surface area (Å²) in [6.45, 7) is 3.77. The van der Waals surface area contributed by atoms with E-state index in [-0.39, 0.29) is 11.9 Å². The van der Waals surface area contributed by atoms with Gasteiger partial charge in [-0.05, 0) is 30.5 Å². The van der Waals surface area contributed by atoms with Crippen molar-refractivity contribution in [3.05, 3.63) is 29.6 Å². The Morgan fingerprint density at radius 1 is 1.50 bits per heavy atom. The van der Waals surface area contributed by atoms with Crippen LogP contribution in [-0.4, -0.2) is 32.6 Å². The number of carbonyl (C=O) groups is 1. The standard InChI is InChI=1S/C14H18FNO2/c1-10-5-6-16(8-14(10)18-2)13-4-3-12(15)7-11(13)9-17/h3-4,7,9-10,14H,5-6,8H2,1-2H3. The van der Waals surface area contributed by atoms with Crippen LogP contribution in [0.15, 0.2) is 18.2 Å². The van der Waals surface area contributed by atoms with Crippen molar-refractivity contribution < 1.29 is 13.9 Å². The minimum atomic E-state index is -0.380. The van der Waals surface area contributed by atoms with Crippen molar-refractivity contribution in [2.24, 2.45) is 5.92 Å². The number of piperidine rings is 1. The fraction of sp³-hybridized carbons (Fsp3) is 0.500. The van der Waals surface area contributed by atoms with Crippen molar-refractivity contribution in [1.82, 2.24) is 0 Å². The van der Waals surface area contributed by atoms with Gasteiger partial charge in [-0.3, -0.25) is 4.79 Å². The van der Waals surface area contributed by atoms with E-state index >= 15 is 0 Å². The van der Waals surface area contributed by atoms with Crippen molar-refractivity contribution in [1.29, 1.82) is 0 Å². The minimum Gasteiger partial charge on any atom is -0.379 e. The Morgan fingerprint density at radius 2 is 2.28 bits per heavy atom. The lowest BCUT2D eigenvalue weighted by atomic mass is 9.95. The van der Waals surface area contributed by atoms with Crippen molar-refractivity contribution in [2.75, 3.05) is 25.1 Å². The summed E-state index contributed by atoms with van der Waals surface area (Å²) in [5, 5.41) is 0. The molecule has 1 aromatic rings. The van der Waals surface area contributed by atoms with Crippen molar-refractivity contribution >= 4 is 12.0 Å². The molecule has 1 heterocycles. The van der Waals surface area contributed by atoms with Gasteiger partial charge in [0, 0.05) is 31.5 Å². The molecule has 1 aromatic carbocycles. The lowest BCUT2D eigenvalue weighted by Crippen LogP contribution is -2.44. The summed E-state index contributed by atoms with van der Waals surface area (Å²) < 4.78 is 18.6. The van der Waals surface area contributed by atoms with Gasteiger partial charge < -0.3 is 9.64 Å². The fourth-order valence-corrected chi connectivity index (χ4v) is 2.47. The van der Waals surface area contributed by atoms with Gasteiger partial charge in [-0.2, -0.15) is 0 Å². The fourth-order valence-electron chi connectivity index (χ4n) is 2.47. The van der Waals surface area contributed by atoms with Crippen molar-refractivity contribution in [3.63, 3.8) is 0 Å². The van der Waals surface area contributed by atoms with Gasteiger partial charge in [0.05, 0.1) is 6.10 Å². The van der Waals surface area contributed by atoms with E-state index in [4.69, 9.17) is 4.74 Å². The van der Waals surface area contributed by atoms with Gasteiger partial charge in [-0.25, -0.2) is 4.39 Å². The second-order valence-corrected chi connectivity index (χ2v) is 4.81. The van der Waals surface area contributed by atoms with Gasteiger partial charge in [0.15, 0.2) is 6.29 Å². The Hall–Kier alpha value is -1.42. The first kappa shape index (κ1) is 13.0. The Bertz CT molecular complexity index is 436. The molecule has 0 spiro atoms. The number of carbonyl (C=O) groups excluding carboxylic acids is 1. The topological polar surface area (TPSA) is 29.5 Å². The third kappa shape index (κ3) is 2.53. The SMILES string of the molecule is COC1CN(c2ccc(F)cc2C=O)CCC1C. The molecule has 2 atom stereocenters. The molecule has 98 valence electrons. The van der Waals surface area contributed by atoms with Gasteiger partial charge >= 0.3 is 0 Å². The number of aldehydes is 1. The van der Waals surface area contributed by atoms with E-state index in [9.17, 15) is 9.18 Å². The van der Waals surface area contributed by atoms with Crippen LogP contribution in [0.3, 0.4) is 0 Å². The molecular formula is C14H18FNO2. The maximum absolute atomic E-state index is 13.1. The molecule has 0 saturated carbocycles. The first-order chi connectivity index (χ1) is 8.65. The number of hydrogen-bond donors (Lipinski definition) is 0. The normalized spacial score (nSPS) is 24.1. The average Bonchev–Trinajstić information content (AvgIpc) is 2.39. The molecule has 0 amide bonds.